The number of hydrogen-bond donors (Lipinski definition) is 3. The highest BCUT2D eigenvalue weighted by Gasteiger charge is 2.45. The molecule has 0 radical (unpaired) electrons. The van der Waals surface area contributed by atoms with Gasteiger partial charge in [-0.1, -0.05) is 0 Å². The Morgan fingerprint density at radius 3 is 3.05 bits per heavy atom. The van der Waals surface area contributed by atoms with Crippen molar-refractivity contribution in [3.63, 3.8) is 0 Å². The van der Waals surface area contributed by atoms with E-state index in [-0.39, 0.29) is 0 Å². The number of fused-ring (bicyclic) bond motifs is 1. The van der Waals surface area contributed by atoms with Crippen molar-refractivity contribution in [2.75, 3.05) is 18.4 Å². The minimum atomic E-state index is -0.397. The first-order valence-corrected chi connectivity index (χ1v) is 6.83. The molecule has 4 rings (SSSR count). The van der Waals surface area contributed by atoms with Crippen LogP contribution in [0.5, 0.6) is 0 Å². The minimum Gasteiger partial charge on any atom is -0.408 e. The molecule has 2 aliphatic rings. The summed E-state index contributed by atoms with van der Waals surface area (Å²) in [4.78, 5) is 13.8. The van der Waals surface area contributed by atoms with E-state index in [0.29, 0.717) is 17.0 Å². The Kier molecular flexibility index (Phi) is 2.26. The van der Waals surface area contributed by atoms with Crippen LogP contribution >= 0.6 is 0 Å². The maximum Gasteiger partial charge on any atom is 0.417 e. The lowest BCUT2D eigenvalue weighted by atomic mass is 9.65. The summed E-state index contributed by atoms with van der Waals surface area (Å²) in [5, 5.41) is 6.99. The highest BCUT2D eigenvalue weighted by Crippen LogP contribution is 2.46. The first-order valence-electron chi connectivity index (χ1n) is 6.83. The standard InChI is InChI=1S/C14H17N3O2/c18-13-17-11-5-9(1-2-12(11)19-13)16-10-6-14(7-10)3-4-15-8-14/h1-2,5,10,15-16H,3-4,6-8H2,(H,17,18). The molecule has 1 aromatic carbocycles. The Morgan fingerprint density at radius 1 is 1.37 bits per heavy atom. The molecule has 19 heavy (non-hydrogen) atoms. The van der Waals surface area contributed by atoms with Crippen LogP contribution in [0.3, 0.4) is 0 Å². The number of H-pyrrole nitrogens is 1. The Hall–Kier alpha value is -1.75. The van der Waals surface area contributed by atoms with E-state index in [1.54, 1.807) is 0 Å². The normalized spacial score (nSPS) is 29.8. The third-order valence-electron chi connectivity index (χ3n) is 4.48. The number of hydrogen-bond acceptors (Lipinski definition) is 4. The number of aromatic nitrogens is 1. The first kappa shape index (κ1) is 11.1. The van der Waals surface area contributed by atoms with Gasteiger partial charge < -0.3 is 15.1 Å². The second-order valence-corrected chi connectivity index (χ2v) is 5.90. The molecule has 3 N–H and O–H groups in total. The lowest BCUT2D eigenvalue weighted by molar-refractivity contribution is 0.142. The summed E-state index contributed by atoms with van der Waals surface area (Å²) in [7, 11) is 0. The molecule has 1 spiro atoms. The Morgan fingerprint density at radius 2 is 2.26 bits per heavy atom. The van der Waals surface area contributed by atoms with Gasteiger partial charge in [-0.25, -0.2) is 4.79 Å². The summed E-state index contributed by atoms with van der Waals surface area (Å²) in [6.45, 7) is 2.33. The molecular formula is C14H17N3O2. The molecule has 0 bridgehead atoms. The summed E-state index contributed by atoms with van der Waals surface area (Å²) in [5.41, 5.74) is 2.97. The minimum absolute atomic E-state index is 0.397. The summed E-state index contributed by atoms with van der Waals surface area (Å²) in [6.07, 6.45) is 3.78. The van der Waals surface area contributed by atoms with Crippen molar-refractivity contribution < 1.29 is 4.42 Å². The molecule has 5 nitrogen and oxygen atoms in total. The van der Waals surface area contributed by atoms with Gasteiger partial charge in [-0.2, -0.15) is 0 Å². The van der Waals surface area contributed by atoms with Crippen LogP contribution in [-0.2, 0) is 0 Å². The Balaban J connectivity index is 1.48. The average Bonchev–Trinajstić information content (AvgIpc) is 2.93. The van der Waals surface area contributed by atoms with Crippen LogP contribution in [0.15, 0.2) is 27.4 Å². The van der Waals surface area contributed by atoms with Crippen molar-refractivity contribution in [1.82, 2.24) is 10.3 Å². The van der Waals surface area contributed by atoms with Crippen molar-refractivity contribution in [2.45, 2.75) is 25.3 Å². The number of oxazole rings is 1. The lowest BCUT2D eigenvalue weighted by Crippen LogP contribution is -2.46. The summed E-state index contributed by atoms with van der Waals surface area (Å²) in [5.74, 6) is -0.397. The number of nitrogens with one attached hydrogen (secondary N) is 3. The number of anilines is 1. The number of rotatable bonds is 2. The monoisotopic (exact) mass is 259 g/mol. The third-order valence-corrected chi connectivity index (χ3v) is 4.48. The fraction of sp³-hybridized carbons (Fsp3) is 0.500. The van der Waals surface area contributed by atoms with Crippen LogP contribution in [0.4, 0.5) is 5.69 Å². The second kappa shape index (κ2) is 3.87. The third kappa shape index (κ3) is 1.85. The predicted molar refractivity (Wildman–Crippen MR) is 73.4 cm³/mol. The van der Waals surface area contributed by atoms with E-state index >= 15 is 0 Å². The van der Waals surface area contributed by atoms with Crippen molar-refractivity contribution in [2.24, 2.45) is 5.41 Å². The molecule has 1 aromatic heterocycles. The van der Waals surface area contributed by atoms with Crippen LogP contribution in [0.2, 0.25) is 0 Å². The van der Waals surface area contributed by atoms with Gasteiger partial charge in [-0.3, -0.25) is 4.98 Å². The van der Waals surface area contributed by atoms with Gasteiger partial charge in [0.05, 0.1) is 5.52 Å². The van der Waals surface area contributed by atoms with Gasteiger partial charge in [0.2, 0.25) is 0 Å². The van der Waals surface area contributed by atoms with Gasteiger partial charge in [-0.05, 0) is 49.4 Å². The van der Waals surface area contributed by atoms with E-state index in [0.717, 1.165) is 17.7 Å². The molecule has 0 atom stereocenters. The molecule has 1 saturated heterocycles. The quantitative estimate of drug-likeness (QED) is 0.767. The van der Waals surface area contributed by atoms with Crippen molar-refractivity contribution in [3.8, 4) is 0 Å². The maximum absolute atomic E-state index is 11.1. The van der Waals surface area contributed by atoms with Crippen LogP contribution in [0, 0.1) is 5.41 Å². The van der Waals surface area contributed by atoms with E-state index < -0.39 is 5.76 Å². The molecule has 2 heterocycles. The molecule has 2 fully saturated rings. The largest absolute Gasteiger partial charge is 0.417 e. The SMILES string of the molecule is O=c1[nH]c2cc(NC3CC4(CCNC4)C3)ccc2o1. The van der Waals surface area contributed by atoms with Crippen LogP contribution in [0.25, 0.3) is 11.1 Å². The van der Waals surface area contributed by atoms with E-state index in [2.05, 4.69) is 15.6 Å². The van der Waals surface area contributed by atoms with Crippen LogP contribution < -0.4 is 16.4 Å². The molecule has 1 aliphatic heterocycles. The van der Waals surface area contributed by atoms with Crippen molar-refractivity contribution >= 4 is 16.8 Å². The van der Waals surface area contributed by atoms with Gasteiger partial charge in [0.1, 0.15) is 0 Å². The number of aromatic amines is 1. The molecule has 0 unspecified atom stereocenters. The van der Waals surface area contributed by atoms with E-state index in [4.69, 9.17) is 4.42 Å². The molecular weight excluding hydrogens is 242 g/mol. The van der Waals surface area contributed by atoms with Gasteiger partial charge >= 0.3 is 5.76 Å². The van der Waals surface area contributed by atoms with Crippen LogP contribution in [0.1, 0.15) is 19.3 Å². The zero-order valence-electron chi connectivity index (χ0n) is 10.7. The number of benzene rings is 1. The van der Waals surface area contributed by atoms with Crippen molar-refractivity contribution in [1.29, 1.82) is 0 Å². The summed E-state index contributed by atoms with van der Waals surface area (Å²) in [6, 6.07) is 6.30. The maximum atomic E-state index is 11.1. The van der Waals surface area contributed by atoms with E-state index in [1.165, 1.54) is 25.8 Å². The zero-order chi connectivity index (χ0) is 12.9. The van der Waals surface area contributed by atoms with E-state index in [1.807, 2.05) is 18.2 Å². The fourth-order valence-electron chi connectivity index (χ4n) is 3.51. The van der Waals surface area contributed by atoms with Gasteiger partial charge in [0.25, 0.3) is 0 Å². The molecule has 1 aliphatic carbocycles. The Labute approximate surface area is 110 Å². The Bertz CT molecular complexity index is 659. The first-order chi connectivity index (χ1) is 9.22. The van der Waals surface area contributed by atoms with E-state index in [9.17, 15) is 4.79 Å². The highest BCUT2D eigenvalue weighted by molar-refractivity contribution is 5.76. The van der Waals surface area contributed by atoms with Gasteiger partial charge in [0, 0.05) is 18.3 Å². The predicted octanol–water partition coefficient (Wildman–Crippen LogP) is 1.68. The summed E-state index contributed by atoms with van der Waals surface area (Å²) >= 11 is 0. The molecule has 1 saturated carbocycles. The second-order valence-electron chi connectivity index (χ2n) is 5.90. The van der Waals surface area contributed by atoms with Crippen molar-refractivity contribution in [3.05, 3.63) is 28.7 Å². The summed E-state index contributed by atoms with van der Waals surface area (Å²) < 4.78 is 5.00. The molecule has 2 aromatic rings. The smallest absolute Gasteiger partial charge is 0.408 e. The highest BCUT2D eigenvalue weighted by atomic mass is 16.4. The molecule has 100 valence electrons. The lowest BCUT2D eigenvalue weighted by Gasteiger charge is -2.45. The van der Waals surface area contributed by atoms with Gasteiger partial charge in [-0.15, -0.1) is 0 Å². The topological polar surface area (TPSA) is 70.1 Å². The molecule has 5 heteroatoms. The fourth-order valence-corrected chi connectivity index (χ4v) is 3.51. The molecule has 0 amide bonds. The van der Waals surface area contributed by atoms with Gasteiger partial charge in [0.15, 0.2) is 5.58 Å². The average molecular weight is 259 g/mol. The zero-order valence-corrected chi connectivity index (χ0v) is 10.7. The van der Waals surface area contributed by atoms with Crippen LogP contribution in [-0.4, -0.2) is 24.1 Å².